The fourth-order valence-corrected chi connectivity index (χ4v) is 3.70. The minimum Gasteiger partial charge on any atom is -0.494 e. The van der Waals surface area contributed by atoms with Gasteiger partial charge in [-0.1, -0.05) is 15.9 Å². The number of furan rings is 1. The Morgan fingerprint density at radius 3 is 3.00 bits per heavy atom. The lowest BCUT2D eigenvalue weighted by molar-refractivity contribution is -0.142. The molecule has 2 atom stereocenters. The molecule has 5 nitrogen and oxygen atoms in total. The van der Waals surface area contributed by atoms with Gasteiger partial charge in [0.2, 0.25) is 0 Å². The molecule has 2 unspecified atom stereocenters. The smallest absolute Gasteiger partial charge is 0.320 e. The Bertz CT molecular complexity index is 701. The van der Waals surface area contributed by atoms with Crippen LogP contribution in [0.3, 0.4) is 0 Å². The number of hydrogen-bond acceptors (Lipinski definition) is 4. The van der Waals surface area contributed by atoms with Crippen LogP contribution in [0.25, 0.3) is 0 Å². The van der Waals surface area contributed by atoms with Crippen molar-refractivity contribution in [2.75, 3.05) is 13.2 Å². The molecule has 2 aromatic rings. The van der Waals surface area contributed by atoms with Crippen LogP contribution in [-0.4, -0.2) is 35.2 Å². The lowest BCUT2D eigenvalue weighted by Gasteiger charge is -2.31. The van der Waals surface area contributed by atoms with E-state index in [0.717, 1.165) is 28.0 Å². The number of carboxylic acid groups (broad SMARTS) is 1. The zero-order chi connectivity index (χ0) is 17.1. The highest BCUT2D eigenvalue weighted by atomic mass is 79.9. The van der Waals surface area contributed by atoms with E-state index in [9.17, 15) is 9.90 Å². The first-order valence-electron chi connectivity index (χ1n) is 8.06. The predicted octanol–water partition coefficient (Wildman–Crippen LogP) is 4.08. The summed E-state index contributed by atoms with van der Waals surface area (Å²) in [7, 11) is 0. The Hall–Kier alpha value is -1.79. The van der Waals surface area contributed by atoms with E-state index in [1.807, 2.05) is 42.2 Å². The van der Waals surface area contributed by atoms with Gasteiger partial charge in [0.1, 0.15) is 17.6 Å². The van der Waals surface area contributed by atoms with E-state index in [1.54, 1.807) is 6.26 Å². The summed E-state index contributed by atoms with van der Waals surface area (Å²) in [5.74, 6) is 0.678. The molecule has 0 radical (unpaired) electrons. The second kappa shape index (κ2) is 7.40. The molecular weight excluding hydrogens is 374 g/mol. The van der Waals surface area contributed by atoms with Crippen molar-refractivity contribution in [1.82, 2.24) is 4.90 Å². The van der Waals surface area contributed by atoms with Crippen molar-refractivity contribution < 1.29 is 19.1 Å². The Morgan fingerprint density at radius 2 is 2.33 bits per heavy atom. The van der Waals surface area contributed by atoms with Gasteiger partial charge in [-0.2, -0.15) is 0 Å². The summed E-state index contributed by atoms with van der Waals surface area (Å²) in [6.07, 6.45) is 3.11. The lowest BCUT2D eigenvalue weighted by atomic mass is 10.0. The third kappa shape index (κ3) is 3.35. The normalized spacial score (nSPS) is 19.3. The number of halogens is 1. The van der Waals surface area contributed by atoms with Crippen LogP contribution in [0.15, 0.2) is 45.5 Å². The molecule has 1 aliphatic heterocycles. The number of carbonyl (C=O) groups is 1. The molecule has 1 fully saturated rings. The molecular formula is C18H20BrNO4. The van der Waals surface area contributed by atoms with Gasteiger partial charge in [-0.15, -0.1) is 0 Å². The van der Waals surface area contributed by atoms with Gasteiger partial charge in [-0.3, -0.25) is 9.69 Å². The average Bonchev–Trinajstić information content (AvgIpc) is 3.22. The SMILES string of the molecule is CCOc1ccc(Br)cc1C(c1ccco1)N1CCCC1C(=O)O. The van der Waals surface area contributed by atoms with E-state index in [-0.39, 0.29) is 6.04 Å². The molecule has 1 aromatic carbocycles. The van der Waals surface area contributed by atoms with E-state index in [2.05, 4.69) is 15.9 Å². The van der Waals surface area contributed by atoms with Gasteiger partial charge in [0.25, 0.3) is 0 Å². The van der Waals surface area contributed by atoms with Crippen LogP contribution >= 0.6 is 15.9 Å². The van der Waals surface area contributed by atoms with Gasteiger partial charge in [-0.05, 0) is 50.1 Å². The first kappa shape index (κ1) is 17.0. The van der Waals surface area contributed by atoms with Crippen LogP contribution in [0.1, 0.15) is 37.1 Å². The third-order valence-corrected chi connectivity index (χ3v) is 4.78. The summed E-state index contributed by atoms with van der Waals surface area (Å²) < 4.78 is 12.4. The van der Waals surface area contributed by atoms with Crippen LogP contribution < -0.4 is 4.74 Å². The van der Waals surface area contributed by atoms with Crippen molar-refractivity contribution in [3.63, 3.8) is 0 Å². The quantitative estimate of drug-likeness (QED) is 0.800. The maximum atomic E-state index is 11.7. The highest BCUT2D eigenvalue weighted by Gasteiger charge is 2.39. The molecule has 24 heavy (non-hydrogen) atoms. The van der Waals surface area contributed by atoms with Gasteiger partial charge in [0, 0.05) is 16.6 Å². The van der Waals surface area contributed by atoms with E-state index in [0.29, 0.717) is 19.6 Å². The molecule has 0 bridgehead atoms. The molecule has 2 heterocycles. The summed E-state index contributed by atoms with van der Waals surface area (Å²) >= 11 is 3.51. The number of hydrogen-bond donors (Lipinski definition) is 1. The lowest BCUT2D eigenvalue weighted by Crippen LogP contribution is -2.39. The Balaban J connectivity index is 2.10. The minimum atomic E-state index is -0.794. The van der Waals surface area contributed by atoms with Crippen LogP contribution in [0, 0.1) is 0 Å². The Labute approximate surface area is 149 Å². The Kier molecular flexibility index (Phi) is 5.26. The molecule has 1 N–H and O–H groups in total. The van der Waals surface area contributed by atoms with Crippen LogP contribution in [0.4, 0.5) is 0 Å². The Morgan fingerprint density at radius 1 is 1.50 bits per heavy atom. The number of benzene rings is 1. The first-order valence-corrected chi connectivity index (χ1v) is 8.85. The summed E-state index contributed by atoms with van der Waals surface area (Å²) in [4.78, 5) is 13.7. The molecule has 3 rings (SSSR count). The molecule has 0 amide bonds. The number of likely N-dealkylation sites (tertiary alicyclic amines) is 1. The zero-order valence-electron chi connectivity index (χ0n) is 13.4. The molecule has 1 saturated heterocycles. The molecule has 0 spiro atoms. The largest absolute Gasteiger partial charge is 0.494 e. The van der Waals surface area contributed by atoms with Crippen molar-refractivity contribution in [2.45, 2.75) is 31.8 Å². The maximum absolute atomic E-state index is 11.7. The van der Waals surface area contributed by atoms with E-state index < -0.39 is 12.0 Å². The summed E-state index contributed by atoms with van der Waals surface area (Å²) in [6, 6.07) is 8.72. The molecule has 6 heteroatoms. The van der Waals surface area contributed by atoms with Crippen molar-refractivity contribution in [2.24, 2.45) is 0 Å². The molecule has 0 saturated carbocycles. The number of rotatable bonds is 6. The fraction of sp³-hybridized carbons (Fsp3) is 0.389. The first-order chi connectivity index (χ1) is 11.6. The number of aliphatic carboxylic acids is 1. The van der Waals surface area contributed by atoms with Gasteiger partial charge in [-0.25, -0.2) is 0 Å². The highest BCUT2D eigenvalue weighted by molar-refractivity contribution is 9.10. The highest BCUT2D eigenvalue weighted by Crippen LogP contribution is 2.40. The van der Waals surface area contributed by atoms with Crippen LogP contribution in [0.2, 0.25) is 0 Å². The number of carboxylic acids is 1. The number of nitrogens with zero attached hydrogens (tertiary/aromatic N) is 1. The monoisotopic (exact) mass is 393 g/mol. The van der Waals surface area contributed by atoms with E-state index >= 15 is 0 Å². The predicted molar refractivity (Wildman–Crippen MR) is 93.2 cm³/mol. The van der Waals surface area contributed by atoms with Gasteiger partial charge >= 0.3 is 5.97 Å². The number of ether oxygens (including phenoxy) is 1. The van der Waals surface area contributed by atoms with Crippen LogP contribution in [0.5, 0.6) is 5.75 Å². The van der Waals surface area contributed by atoms with Crippen molar-refractivity contribution in [3.05, 3.63) is 52.4 Å². The summed E-state index contributed by atoms with van der Waals surface area (Å²) in [5.41, 5.74) is 0.911. The van der Waals surface area contributed by atoms with Gasteiger partial charge < -0.3 is 14.3 Å². The van der Waals surface area contributed by atoms with Crippen molar-refractivity contribution in [1.29, 1.82) is 0 Å². The second-order valence-corrected chi connectivity index (χ2v) is 6.68. The van der Waals surface area contributed by atoms with E-state index in [4.69, 9.17) is 9.15 Å². The fourth-order valence-electron chi connectivity index (χ4n) is 3.33. The molecule has 1 aliphatic rings. The van der Waals surface area contributed by atoms with E-state index in [1.165, 1.54) is 0 Å². The summed E-state index contributed by atoms with van der Waals surface area (Å²) in [6.45, 7) is 3.19. The molecule has 0 aliphatic carbocycles. The summed E-state index contributed by atoms with van der Waals surface area (Å²) in [5, 5.41) is 9.59. The standard InChI is InChI=1S/C18H20BrNO4/c1-2-23-15-8-7-12(19)11-13(15)17(16-6-4-10-24-16)20-9-3-5-14(20)18(21)22/h4,6-8,10-11,14,17H,2-3,5,9H2,1H3,(H,21,22). The topological polar surface area (TPSA) is 62.9 Å². The van der Waals surface area contributed by atoms with Gasteiger partial charge in [0.05, 0.1) is 18.9 Å². The maximum Gasteiger partial charge on any atom is 0.320 e. The molecule has 1 aromatic heterocycles. The average molecular weight is 394 g/mol. The van der Waals surface area contributed by atoms with Crippen molar-refractivity contribution >= 4 is 21.9 Å². The van der Waals surface area contributed by atoms with Crippen LogP contribution in [-0.2, 0) is 4.79 Å². The third-order valence-electron chi connectivity index (χ3n) is 4.29. The zero-order valence-corrected chi connectivity index (χ0v) is 15.0. The minimum absolute atomic E-state index is 0.289. The van der Waals surface area contributed by atoms with Crippen molar-refractivity contribution in [3.8, 4) is 5.75 Å². The molecule has 128 valence electrons. The second-order valence-electron chi connectivity index (χ2n) is 5.77. The van der Waals surface area contributed by atoms with Gasteiger partial charge in [0.15, 0.2) is 0 Å².